The SMILES string of the molecule is CC1c2ccccc2C(c2ccccc2-c2ccc(Cl)cc2)c2ccccc21. The van der Waals surface area contributed by atoms with Crippen LogP contribution in [0.4, 0.5) is 0 Å². The van der Waals surface area contributed by atoms with Crippen molar-refractivity contribution in [3.63, 3.8) is 0 Å². The molecule has 0 N–H and O–H groups in total. The summed E-state index contributed by atoms with van der Waals surface area (Å²) in [6.45, 7) is 2.32. The van der Waals surface area contributed by atoms with Crippen LogP contribution in [0.25, 0.3) is 11.1 Å². The fourth-order valence-electron chi connectivity index (χ4n) is 4.65. The summed E-state index contributed by atoms with van der Waals surface area (Å²) in [4.78, 5) is 0. The smallest absolute Gasteiger partial charge is 0.0406 e. The van der Waals surface area contributed by atoms with Crippen molar-refractivity contribution < 1.29 is 0 Å². The third-order valence-electron chi connectivity index (χ3n) is 5.97. The number of benzene rings is 4. The molecule has 0 aliphatic heterocycles. The molecule has 0 unspecified atom stereocenters. The van der Waals surface area contributed by atoms with E-state index in [0.29, 0.717) is 5.92 Å². The van der Waals surface area contributed by atoms with Crippen molar-refractivity contribution in [1.82, 2.24) is 0 Å². The van der Waals surface area contributed by atoms with Gasteiger partial charge in [-0.1, -0.05) is 103 Å². The monoisotopic (exact) mass is 380 g/mol. The molecule has 1 aliphatic rings. The maximum atomic E-state index is 6.14. The van der Waals surface area contributed by atoms with Crippen molar-refractivity contribution >= 4 is 11.6 Å². The zero-order chi connectivity index (χ0) is 19.1. The lowest BCUT2D eigenvalue weighted by atomic mass is 9.70. The topological polar surface area (TPSA) is 0 Å². The average molecular weight is 381 g/mol. The van der Waals surface area contributed by atoms with Crippen LogP contribution >= 0.6 is 11.6 Å². The van der Waals surface area contributed by atoms with Crippen LogP contribution in [0.5, 0.6) is 0 Å². The maximum absolute atomic E-state index is 6.14. The average Bonchev–Trinajstić information content (AvgIpc) is 2.75. The first-order valence-electron chi connectivity index (χ1n) is 9.76. The van der Waals surface area contributed by atoms with Crippen LogP contribution in [-0.4, -0.2) is 0 Å². The molecule has 0 heterocycles. The molecule has 5 rings (SSSR count). The van der Waals surface area contributed by atoms with Gasteiger partial charge in [-0.25, -0.2) is 0 Å². The van der Waals surface area contributed by atoms with Crippen molar-refractivity contribution in [1.29, 1.82) is 0 Å². The summed E-state index contributed by atoms with van der Waals surface area (Å²) in [6.07, 6.45) is 0. The predicted octanol–water partition coefficient (Wildman–Crippen LogP) is 7.65. The van der Waals surface area contributed by atoms with Crippen LogP contribution in [0.1, 0.15) is 46.6 Å². The summed E-state index contributed by atoms with van der Waals surface area (Å²) >= 11 is 6.14. The molecule has 0 fully saturated rings. The molecule has 0 saturated heterocycles. The van der Waals surface area contributed by atoms with E-state index in [1.807, 2.05) is 12.1 Å². The molecule has 0 spiro atoms. The van der Waals surface area contributed by atoms with Crippen LogP contribution in [0.3, 0.4) is 0 Å². The largest absolute Gasteiger partial charge is 0.0843 e. The van der Waals surface area contributed by atoms with Gasteiger partial charge in [-0.2, -0.15) is 0 Å². The lowest BCUT2D eigenvalue weighted by molar-refractivity contribution is 0.795. The highest BCUT2D eigenvalue weighted by atomic mass is 35.5. The van der Waals surface area contributed by atoms with Gasteiger partial charge < -0.3 is 0 Å². The van der Waals surface area contributed by atoms with Gasteiger partial charge >= 0.3 is 0 Å². The Kier molecular flexibility index (Phi) is 4.30. The Balaban J connectivity index is 1.77. The van der Waals surface area contributed by atoms with Crippen LogP contribution in [0, 0.1) is 0 Å². The minimum Gasteiger partial charge on any atom is -0.0843 e. The molecule has 1 aliphatic carbocycles. The first-order valence-corrected chi connectivity index (χ1v) is 10.1. The quantitative estimate of drug-likeness (QED) is 0.335. The van der Waals surface area contributed by atoms with E-state index in [4.69, 9.17) is 11.6 Å². The zero-order valence-corrected chi connectivity index (χ0v) is 16.5. The summed E-state index contributed by atoms with van der Waals surface area (Å²) < 4.78 is 0. The minimum atomic E-state index is 0.232. The van der Waals surface area contributed by atoms with E-state index in [2.05, 4.69) is 91.9 Å². The second-order valence-corrected chi connectivity index (χ2v) is 7.94. The normalized spacial score (nSPS) is 17.6. The van der Waals surface area contributed by atoms with E-state index in [1.165, 1.54) is 38.9 Å². The summed E-state index contributed by atoms with van der Waals surface area (Å²) in [5.74, 6) is 0.641. The Morgan fingerprint density at radius 1 is 0.536 bits per heavy atom. The molecule has 0 amide bonds. The van der Waals surface area contributed by atoms with Gasteiger partial charge in [-0.3, -0.25) is 0 Å². The first kappa shape index (κ1) is 17.3. The molecule has 0 atom stereocenters. The molecule has 4 aromatic rings. The molecule has 4 aromatic carbocycles. The molecule has 0 nitrogen and oxygen atoms in total. The van der Waals surface area contributed by atoms with Gasteiger partial charge in [0, 0.05) is 16.9 Å². The third kappa shape index (κ3) is 2.77. The van der Waals surface area contributed by atoms with Crippen molar-refractivity contribution in [3.05, 3.63) is 130 Å². The first-order chi connectivity index (χ1) is 13.7. The van der Waals surface area contributed by atoms with Crippen LogP contribution in [-0.2, 0) is 0 Å². The van der Waals surface area contributed by atoms with Gasteiger partial charge in [0.25, 0.3) is 0 Å². The molecule has 1 heteroatoms. The van der Waals surface area contributed by atoms with Gasteiger partial charge in [0.05, 0.1) is 0 Å². The summed E-state index contributed by atoms with van der Waals surface area (Å²) in [5, 5.41) is 0.767. The summed E-state index contributed by atoms with van der Waals surface area (Å²) in [5.41, 5.74) is 9.49. The number of hydrogen-bond acceptors (Lipinski definition) is 0. The highest BCUT2D eigenvalue weighted by molar-refractivity contribution is 6.30. The lowest BCUT2D eigenvalue weighted by Gasteiger charge is -2.34. The predicted molar refractivity (Wildman–Crippen MR) is 118 cm³/mol. The van der Waals surface area contributed by atoms with E-state index in [9.17, 15) is 0 Å². The Hall–Kier alpha value is -2.83. The Labute approximate surface area is 171 Å². The molecular weight excluding hydrogens is 360 g/mol. The highest BCUT2D eigenvalue weighted by Crippen LogP contribution is 2.47. The van der Waals surface area contributed by atoms with Gasteiger partial charge in [0.2, 0.25) is 0 Å². The second kappa shape index (κ2) is 6.96. The summed E-state index contributed by atoms with van der Waals surface area (Å²) in [7, 11) is 0. The van der Waals surface area contributed by atoms with Crippen molar-refractivity contribution in [2.45, 2.75) is 18.8 Å². The van der Waals surface area contributed by atoms with Crippen LogP contribution in [0.2, 0.25) is 5.02 Å². The van der Waals surface area contributed by atoms with E-state index in [1.54, 1.807) is 0 Å². The van der Waals surface area contributed by atoms with Crippen molar-refractivity contribution in [2.24, 2.45) is 0 Å². The third-order valence-corrected chi connectivity index (χ3v) is 6.23. The van der Waals surface area contributed by atoms with Crippen LogP contribution in [0.15, 0.2) is 97.1 Å². The number of halogens is 1. The van der Waals surface area contributed by atoms with Crippen molar-refractivity contribution in [2.75, 3.05) is 0 Å². The van der Waals surface area contributed by atoms with Gasteiger partial charge in [0.1, 0.15) is 0 Å². The molecule has 0 saturated carbocycles. The number of hydrogen-bond donors (Lipinski definition) is 0. The highest BCUT2D eigenvalue weighted by Gasteiger charge is 2.31. The number of rotatable bonds is 2. The van der Waals surface area contributed by atoms with Gasteiger partial charge in [-0.15, -0.1) is 0 Å². The van der Waals surface area contributed by atoms with Gasteiger partial charge in [0.15, 0.2) is 0 Å². The lowest BCUT2D eigenvalue weighted by Crippen LogP contribution is -2.18. The van der Waals surface area contributed by atoms with Crippen molar-refractivity contribution in [3.8, 4) is 11.1 Å². The minimum absolute atomic E-state index is 0.232. The molecule has 0 aromatic heterocycles. The van der Waals surface area contributed by atoms with E-state index < -0.39 is 0 Å². The molecule has 28 heavy (non-hydrogen) atoms. The maximum Gasteiger partial charge on any atom is 0.0406 e. The van der Waals surface area contributed by atoms with E-state index in [0.717, 1.165) is 5.02 Å². The van der Waals surface area contributed by atoms with E-state index >= 15 is 0 Å². The fourth-order valence-corrected chi connectivity index (χ4v) is 4.77. The summed E-state index contributed by atoms with van der Waals surface area (Å²) in [6, 6.07) is 34.8. The molecule has 0 bridgehead atoms. The fraction of sp³-hybridized carbons (Fsp3) is 0.111. The second-order valence-electron chi connectivity index (χ2n) is 7.51. The zero-order valence-electron chi connectivity index (χ0n) is 15.8. The Morgan fingerprint density at radius 3 is 1.57 bits per heavy atom. The van der Waals surface area contributed by atoms with Crippen LogP contribution < -0.4 is 0 Å². The Morgan fingerprint density at radius 2 is 1.00 bits per heavy atom. The Bertz CT molecular complexity index is 1090. The standard InChI is InChI=1S/C27H21Cl/c1-18-21-8-2-5-11-24(21)27(25-12-6-3-9-22(18)25)26-13-7-4-10-23(26)19-14-16-20(28)17-15-19/h2-18,27H,1H3. The number of fused-ring (bicyclic) bond motifs is 2. The molecular formula is C27H21Cl. The van der Waals surface area contributed by atoms with E-state index in [-0.39, 0.29) is 5.92 Å². The van der Waals surface area contributed by atoms with Gasteiger partial charge in [-0.05, 0) is 51.1 Å². The molecule has 0 radical (unpaired) electrons. The molecule has 136 valence electrons.